The number of rotatable bonds is 11. The first-order chi connectivity index (χ1) is 15.5. The molecule has 0 aliphatic heterocycles. The van der Waals surface area contributed by atoms with E-state index in [9.17, 15) is 0 Å². The van der Waals surface area contributed by atoms with Crippen LogP contribution in [0.15, 0.2) is 56.5 Å². The first-order valence-corrected chi connectivity index (χ1v) is 10.8. The summed E-state index contributed by atoms with van der Waals surface area (Å²) in [6.45, 7) is 9.95. The molecule has 0 saturated carbocycles. The van der Waals surface area contributed by atoms with Crippen molar-refractivity contribution in [3.05, 3.63) is 65.8 Å². The first kappa shape index (κ1) is 26.7. The van der Waals surface area contributed by atoms with Crippen LogP contribution in [0.5, 0.6) is 5.75 Å². The summed E-state index contributed by atoms with van der Waals surface area (Å²) in [4.78, 5) is 9.02. The summed E-state index contributed by atoms with van der Waals surface area (Å²) in [5.74, 6) is 3.69. The molecule has 8 nitrogen and oxygen atoms in total. The van der Waals surface area contributed by atoms with Gasteiger partial charge in [-0.25, -0.2) is 9.98 Å². The van der Waals surface area contributed by atoms with Crippen LogP contribution in [0.25, 0.3) is 0 Å². The van der Waals surface area contributed by atoms with Crippen molar-refractivity contribution in [2.45, 2.75) is 53.4 Å². The van der Waals surface area contributed by atoms with Crippen LogP contribution in [0.2, 0.25) is 0 Å². The molecule has 0 aliphatic rings. The number of hydrogen-bond donors (Lipinski definition) is 2. The minimum Gasteiger partial charge on any atom is -0.491 e. The highest BCUT2D eigenvalue weighted by molar-refractivity contribution is 14.0. The fraction of sp³-hybridized carbons (Fsp3) is 0.417. The Bertz CT molecular complexity index is 950. The molecular weight excluding hydrogens is 535 g/mol. The second-order valence-electron chi connectivity index (χ2n) is 7.64. The van der Waals surface area contributed by atoms with Crippen molar-refractivity contribution in [3.8, 4) is 5.75 Å². The second kappa shape index (κ2) is 13.9. The first-order valence-electron chi connectivity index (χ1n) is 10.8. The summed E-state index contributed by atoms with van der Waals surface area (Å²) in [5.41, 5.74) is 1.79. The zero-order chi connectivity index (χ0) is 22.8. The number of anilines is 1. The van der Waals surface area contributed by atoms with Crippen molar-refractivity contribution in [2.24, 2.45) is 4.99 Å². The molecule has 2 aromatic heterocycles. The van der Waals surface area contributed by atoms with Crippen molar-refractivity contribution >= 4 is 35.6 Å². The molecule has 0 radical (unpaired) electrons. The number of aryl methyl sites for hydroxylation is 2. The van der Waals surface area contributed by atoms with E-state index in [2.05, 4.69) is 20.6 Å². The summed E-state index contributed by atoms with van der Waals surface area (Å²) in [6, 6.07) is 11.5. The lowest BCUT2D eigenvalue weighted by Crippen LogP contribution is -2.32. The highest BCUT2D eigenvalue weighted by Gasteiger charge is 2.07. The monoisotopic (exact) mass is 568 g/mol. The maximum Gasteiger partial charge on any atom is 0.216 e. The lowest BCUT2D eigenvalue weighted by molar-refractivity contribution is 0.105. The fourth-order valence-corrected chi connectivity index (χ4v) is 2.87. The maximum absolute atomic E-state index is 5.71. The smallest absolute Gasteiger partial charge is 0.216 e. The van der Waals surface area contributed by atoms with E-state index < -0.39 is 0 Å². The maximum atomic E-state index is 5.71. The van der Waals surface area contributed by atoms with Crippen molar-refractivity contribution < 1.29 is 18.3 Å². The van der Waals surface area contributed by atoms with Gasteiger partial charge in [0.2, 0.25) is 5.89 Å². The standard InChI is InChI=1S/C24H32N4O4.HI/c1-17(2)31-21-10-8-20(9-11-21)28-24(26-15-23-27-18(3)19(4)32-23)25-12-6-13-29-16-22-7-5-14-30-22;/h5,7-11,14,17H,6,12-13,15-16H2,1-4H3,(H2,25,26,28);1H. The topological polar surface area (TPSA) is 94.1 Å². The molecule has 33 heavy (non-hydrogen) atoms. The zero-order valence-corrected chi connectivity index (χ0v) is 21.9. The molecule has 9 heteroatoms. The Kier molecular flexibility index (Phi) is 11.2. The van der Waals surface area contributed by atoms with Crippen molar-refractivity contribution in [3.63, 3.8) is 0 Å². The molecule has 0 saturated heterocycles. The van der Waals surface area contributed by atoms with Crippen molar-refractivity contribution in [1.29, 1.82) is 0 Å². The van der Waals surface area contributed by atoms with Gasteiger partial charge in [0.15, 0.2) is 5.96 Å². The van der Waals surface area contributed by atoms with Gasteiger partial charge in [-0.2, -0.15) is 0 Å². The highest BCUT2D eigenvalue weighted by atomic mass is 127. The summed E-state index contributed by atoms with van der Waals surface area (Å²) >= 11 is 0. The molecule has 0 atom stereocenters. The Morgan fingerprint density at radius 2 is 1.94 bits per heavy atom. The number of nitrogens with one attached hydrogen (secondary N) is 2. The number of benzene rings is 1. The highest BCUT2D eigenvalue weighted by Crippen LogP contribution is 2.17. The third-order valence-electron chi connectivity index (χ3n) is 4.52. The van der Waals surface area contributed by atoms with Gasteiger partial charge >= 0.3 is 0 Å². The molecule has 0 unspecified atom stereocenters. The van der Waals surface area contributed by atoms with E-state index in [1.54, 1.807) is 6.26 Å². The number of oxazole rings is 1. The Hall–Kier alpha value is -2.53. The molecule has 0 amide bonds. The number of nitrogens with zero attached hydrogens (tertiary/aromatic N) is 2. The number of aromatic nitrogens is 1. The summed E-state index contributed by atoms with van der Waals surface area (Å²) < 4.78 is 22.2. The van der Waals surface area contributed by atoms with Gasteiger partial charge in [0, 0.05) is 18.8 Å². The zero-order valence-electron chi connectivity index (χ0n) is 19.6. The van der Waals surface area contributed by atoms with Crippen LogP contribution in [0.1, 0.15) is 43.4 Å². The summed E-state index contributed by atoms with van der Waals surface area (Å²) in [6.07, 6.45) is 2.60. The van der Waals surface area contributed by atoms with Crippen molar-refractivity contribution in [2.75, 3.05) is 18.5 Å². The van der Waals surface area contributed by atoms with Crippen LogP contribution in [-0.2, 0) is 17.9 Å². The van der Waals surface area contributed by atoms with Crippen LogP contribution in [0, 0.1) is 13.8 Å². The van der Waals surface area contributed by atoms with Gasteiger partial charge in [-0.05, 0) is 70.5 Å². The molecular formula is C24H33IN4O4. The van der Waals surface area contributed by atoms with Crippen LogP contribution in [0.3, 0.4) is 0 Å². The summed E-state index contributed by atoms with van der Waals surface area (Å²) in [5, 5.41) is 6.66. The van der Waals surface area contributed by atoms with Gasteiger partial charge in [0.1, 0.15) is 30.4 Å². The van der Waals surface area contributed by atoms with Crippen LogP contribution in [0.4, 0.5) is 5.69 Å². The van der Waals surface area contributed by atoms with Crippen LogP contribution in [-0.4, -0.2) is 30.2 Å². The van der Waals surface area contributed by atoms with E-state index in [1.165, 1.54) is 0 Å². The Balaban J connectivity index is 0.00000385. The molecule has 0 fully saturated rings. The van der Waals surface area contributed by atoms with Crippen LogP contribution < -0.4 is 15.4 Å². The van der Waals surface area contributed by atoms with E-state index in [1.807, 2.05) is 64.1 Å². The molecule has 180 valence electrons. The number of furan rings is 1. The number of hydrogen-bond acceptors (Lipinski definition) is 6. The number of aliphatic imine (C=N–C) groups is 1. The molecule has 0 aliphatic carbocycles. The lowest BCUT2D eigenvalue weighted by atomic mass is 10.3. The van der Waals surface area contributed by atoms with Crippen LogP contribution >= 0.6 is 24.0 Å². The van der Waals surface area contributed by atoms with Crippen molar-refractivity contribution in [1.82, 2.24) is 10.3 Å². The minimum absolute atomic E-state index is 0. The predicted octanol–water partition coefficient (Wildman–Crippen LogP) is 5.45. The second-order valence-corrected chi connectivity index (χ2v) is 7.64. The third kappa shape index (κ3) is 9.47. The quantitative estimate of drug-likeness (QED) is 0.137. The van der Waals surface area contributed by atoms with E-state index in [0.717, 1.165) is 35.1 Å². The Morgan fingerprint density at radius 1 is 1.15 bits per heavy atom. The molecule has 2 N–H and O–H groups in total. The summed E-state index contributed by atoms with van der Waals surface area (Å²) in [7, 11) is 0. The number of guanidine groups is 1. The third-order valence-corrected chi connectivity index (χ3v) is 4.52. The lowest BCUT2D eigenvalue weighted by Gasteiger charge is -2.14. The van der Waals surface area contributed by atoms with Gasteiger partial charge in [-0.1, -0.05) is 0 Å². The molecule has 2 heterocycles. The van der Waals surface area contributed by atoms with E-state index >= 15 is 0 Å². The molecule has 0 bridgehead atoms. The molecule has 1 aromatic carbocycles. The van der Waals surface area contributed by atoms with E-state index in [-0.39, 0.29) is 30.1 Å². The normalized spacial score (nSPS) is 11.4. The minimum atomic E-state index is 0. The molecule has 3 aromatic rings. The van der Waals surface area contributed by atoms with Gasteiger partial charge < -0.3 is 28.9 Å². The number of halogens is 1. The van der Waals surface area contributed by atoms with E-state index in [4.69, 9.17) is 18.3 Å². The molecule has 3 rings (SSSR count). The number of ether oxygens (including phenoxy) is 2. The Labute approximate surface area is 212 Å². The van der Waals surface area contributed by atoms with Gasteiger partial charge in [-0.3, -0.25) is 0 Å². The molecule has 0 spiro atoms. The average Bonchev–Trinajstić information content (AvgIpc) is 3.39. The fourth-order valence-electron chi connectivity index (χ4n) is 2.87. The van der Waals surface area contributed by atoms with Gasteiger partial charge in [0.05, 0.1) is 18.1 Å². The van der Waals surface area contributed by atoms with Gasteiger partial charge in [-0.15, -0.1) is 24.0 Å². The Morgan fingerprint density at radius 3 is 2.58 bits per heavy atom. The predicted molar refractivity (Wildman–Crippen MR) is 139 cm³/mol. The van der Waals surface area contributed by atoms with E-state index in [0.29, 0.717) is 38.2 Å². The van der Waals surface area contributed by atoms with Gasteiger partial charge in [0.25, 0.3) is 0 Å². The largest absolute Gasteiger partial charge is 0.491 e. The average molecular weight is 568 g/mol. The SMILES string of the molecule is Cc1nc(CN=C(NCCCOCc2ccco2)Nc2ccc(OC(C)C)cc2)oc1C.I.